The second kappa shape index (κ2) is 6.78. The predicted molar refractivity (Wildman–Crippen MR) is 73.7 cm³/mol. The van der Waals surface area contributed by atoms with Crippen LogP contribution in [-0.2, 0) is 4.74 Å². The van der Waals surface area contributed by atoms with Crippen molar-refractivity contribution in [2.45, 2.75) is 31.8 Å². The minimum atomic E-state index is -0.211. The minimum absolute atomic E-state index is 0.0252. The molecule has 104 valence electrons. The number of phenolic OH excluding ortho intramolecular Hbond substituents is 1. The normalized spacial score (nSPS) is 15.6. The van der Waals surface area contributed by atoms with Gasteiger partial charge in [-0.15, -0.1) is 0 Å². The van der Waals surface area contributed by atoms with Crippen molar-refractivity contribution in [2.24, 2.45) is 0 Å². The molecular weight excluding hydrogens is 266 g/mol. The van der Waals surface area contributed by atoms with Gasteiger partial charge < -0.3 is 15.2 Å². The molecule has 0 unspecified atom stereocenters. The van der Waals surface area contributed by atoms with Gasteiger partial charge in [-0.3, -0.25) is 4.79 Å². The van der Waals surface area contributed by atoms with E-state index in [1.807, 2.05) is 0 Å². The Kier molecular flexibility index (Phi) is 5.05. The molecule has 1 amide bonds. The van der Waals surface area contributed by atoms with Crippen LogP contribution in [0.5, 0.6) is 5.75 Å². The van der Waals surface area contributed by atoms with Gasteiger partial charge in [0, 0.05) is 12.1 Å². The van der Waals surface area contributed by atoms with E-state index < -0.39 is 0 Å². The quantitative estimate of drug-likeness (QED) is 0.817. The highest BCUT2D eigenvalue weighted by molar-refractivity contribution is 6.32. The molecule has 1 saturated carbocycles. The van der Waals surface area contributed by atoms with Gasteiger partial charge >= 0.3 is 0 Å². The Morgan fingerprint density at radius 1 is 1.42 bits per heavy atom. The van der Waals surface area contributed by atoms with Crippen LogP contribution in [0.1, 0.15) is 36.0 Å². The van der Waals surface area contributed by atoms with Gasteiger partial charge in [0.25, 0.3) is 5.91 Å². The summed E-state index contributed by atoms with van der Waals surface area (Å²) in [5.74, 6) is -0.236. The average Bonchev–Trinajstić information content (AvgIpc) is 2.91. The second-order valence-electron chi connectivity index (χ2n) is 4.70. The summed E-state index contributed by atoms with van der Waals surface area (Å²) >= 11 is 5.75. The maximum Gasteiger partial charge on any atom is 0.251 e. The zero-order valence-corrected chi connectivity index (χ0v) is 11.4. The fourth-order valence-electron chi connectivity index (χ4n) is 2.20. The maximum atomic E-state index is 11.8. The lowest BCUT2D eigenvalue weighted by atomic mass is 10.2. The molecule has 1 aliphatic carbocycles. The van der Waals surface area contributed by atoms with Crippen LogP contribution in [0, 0.1) is 0 Å². The topological polar surface area (TPSA) is 58.6 Å². The van der Waals surface area contributed by atoms with Crippen molar-refractivity contribution in [1.82, 2.24) is 5.32 Å². The second-order valence-corrected chi connectivity index (χ2v) is 5.11. The van der Waals surface area contributed by atoms with E-state index in [9.17, 15) is 9.90 Å². The van der Waals surface area contributed by atoms with Crippen LogP contribution in [0.15, 0.2) is 18.2 Å². The lowest BCUT2D eigenvalue weighted by molar-refractivity contribution is 0.0582. The van der Waals surface area contributed by atoms with Crippen molar-refractivity contribution in [3.63, 3.8) is 0 Å². The van der Waals surface area contributed by atoms with Gasteiger partial charge in [-0.2, -0.15) is 0 Å². The summed E-state index contributed by atoms with van der Waals surface area (Å²) in [6.45, 7) is 1.01. The van der Waals surface area contributed by atoms with Gasteiger partial charge in [-0.05, 0) is 31.0 Å². The molecule has 0 aromatic heterocycles. The molecule has 1 fully saturated rings. The summed E-state index contributed by atoms with van der Waals surface area (Å²) in [7, 11) is 0. The van der Waals surface area contributed by atoms with E-state index in [1.165, 1.54) is 31.0 Å². The molecular formula is C14H18ClNO3. The van der Waals surface area contributed by atoms with Crippen molar-refractivity contribution < 1.29 is 14.6 Å². The molecule has 0 atom stereocenters. The first-order chi connectivity index (χ1) is 9.16. The fourth-order valence-corrected chi connectivity index (χ4v) is 2.38. The van der Waals surface area contributed by atoms with Gasteiger partial charge in [0.05, 0.1) is 17.7 Å². The molecule has 2 N–H and O–H groups in total. The summed E-state index contributed by atoms with van der Waals surface area (Å²) in [4.78, 5) is 11.8. The summed E-state index contributed by atoms with van der Waals surface area (Å²) in [5.41, 5.74) is 0.434. The Hall–Kier alpha value is -1.26. The molecule has 0 bridgehead atoms. The molecule has 0 heterocycles. The number of hydrogen-bond acceptors (Lipinski definition) is 3. The van der Waals surface area contributed by atoms with E-state index in [4.69, 9.17) is 16.3 Å². The molecule has 1 aromatic rings. The molecule has 0 spiro atoms. The highest BCUT2D eigenvalue weighted by atomic mass is 35.5. The first-order valence-electron chi connectivity index (χ1n) is 6.55. The van der Waals surface area contributed by atoms with E-state index in [0.717, 1.165) is 12.8 Å². The number of ether oxygens (including phenoxy) is 1. The fraction of sp³-hybridized carbons (Fsp3) is 0.500. The molecule has 1 aromatic carbocycles. The lowest BCUT2D eigenvalue weighted by Crippen LogP contribution is -2.28. The molecule has 19 heavy (non-hydrogen) atoms. The van der Waals surface area contributed by atoms with Crippen LogP contribution in [0.25, 0.3) is 0 Å². The number of nitrogens with one attached hydrogen (secondary N) is 1. The highest BCUT2D eigenvalue weighted by Gasteiger charge is 2.15. The first kappa shape index (κ1) is 14.2. The number of benzene rings is 1. The third-order valence-corrected chi connectivity index (χ3v) is 3.56. The Labute approximate surface area is 117 Å². The van der Waals surface area contributed by atoms with Crippen molar-refractivity contribution >= 4 is 17.5 Å². The molecule has 0 saturated heterocycles. The minimum Gasteiger partial charge on any atom is -0.506 e. The van der Waals surface area contributed by atoms with Crippen LogP contribution in [0.2, 0.25) is 5.02 Å². The van der Waals surface area contributed by atoms with Gasteiger partial charge in [0.2, 0.25) is 0 Å². The number of amides is 1. The van der Waals surface area contributed by atoms with Crippen molar-refractivity contribution in [3.8, 4) is 5.75 Å². The molecule has 0 aliphatic heterocycles. The van der Waals surface area contributed by atoms with Crippen molar-refractivity contribution in [3.05, 3.63) is 28.8 Å². The smallest absolute Gasteiger partial charge is 0.251 e. The largest absolute Gasteiger partial charge is 0.506 e. The number of aromatic hydroxyl groups is 1. The first-order valence-corrected chi connectivity index (χ1v) is 6.93. The van der Waals surface area contributed by atoms with Gasteiger partial charge in [-0.1, -0.05) is 24.4 Å². The van der Waals surface area contributed by atoms with Crippen LogP contribution in [0.3, 0.4) is 0 Å². The van der Waals surface area contributed by atoms with Crippen LogP contribution in [-0.4, -0.2) is 30.3 Å². The summed E-state index contributed by atoms with van der Waals surface area (Å²) in [6, 6.07) is 4.39. The van der Waals surface area contributed by atoms with E-state index in [1.54, 1.807) is 0 Å². The number of carbonyl (C=O) groups excluding carboxylic acids is 1. The summed E-state index contributed by atoms with van der Waals surface area (Å²) < 4.78 is 5.65. The molecule has 0 radical (unpaired) electrons. The van der Waals surface area contributed by atoms with Gasteiger partial charge in [0.15, 0.2) is 0 Å². The van der Waals surface area contributed by atoms with Crippen LogP contribution in [0.4, 0.5) is 0 Å². The lowest BCUT2D eigenvalue weighted by Gasteiger charge is -2.11. The Bertz CT molecular complexity index is 444. The zero-order chi connectivity index (χ0) is 13.7. The van der Waals surface area contributed by atoms with E-state index in [2.05, 4.69) is 5.32 Å². The Morgan fingerprint density at radius 3 is 2.84 bits per heavy atom. The van der Waals surface area contributed by atoms with Gasteiger partial charge in [0.1, 0.15) is 5.75 Å². The molecule has 1 aliphatic rings. The molecule has 5 heteroatoms. The number of halogens is 1. The third kappa shape index (κ3) is 4.11. The van der Waals surface area contributed by atoms with Crippen molar-refractivity contribution in [1.29, 1.82) is 0 Å². The maximum absolute atomic E-state index is 11.8. The van der Waals surface area contributed by atoms with Gasteiger partial charge in [-0.25, -0.2) is 0 Å². The molecule has 2 rings (SSSR count). The van der Waals surface area contributed by atoms with Crippen molar-refractivity contribution in [2.75, 3.05) is 13.2 Å². The van der Waals surface area contributed by atoms with E-state index in [-0.39, 0.29) is 16.7 Å². The molecule has 4 nitrogen and oxygen atoms in total. The Morgan fingerprint density at radius 2 is 2.16 bits per heavy atom. The summed E-state index contributed by atoms with van der Waals surface area (Å²) in [5, 5.41) is 12.2. The van der Waals surface area contributed by atoms with Crippen LogP contribution >= 0.6 is 11.6 Å². The predicted octanol–water partition coefficient (Wildman–Crippen LogP) is 2.73. The highest BCUT2D eigenvalue weighted by Crippen LogP contribution is 2.23. The SMILES string of the molecule is O=C(NCCOC1CCCC1)c1ccc(O)c(Cl)c1. The average molecular weight is 284 g/mol. The Balaban J connectivity index is 1.72. The number of carbonyl (C=O) groups is 1. The third-order valence-electron chi connectivity index (χ3n) is 3.25. The monoisotopic (exact) mass is 283 g/mol. The van der Waals surface area contributed by atoms with Crippen LogP contribution < -0.4 is 5.32 Å². The van der Waals surface area contributed by atoms with E-state index in [0.29, 0.717) is 24.8 Å². The summed E-state index contributed by atoms with van der Waals surface area (Å²) in [6.07, 6.45) is 5.09. The number of rotatable bonds is 5. The standard InChI is InChI=1S/C14H18ClNO3/c15-12-9-10(5-6-13(12)17)14(18)16-7-8-19-11-3-1-2-4-11/h5-6,9,11,17H,1-4,7-8H2,(H,16,18). The number of phenols is 1. The van der Waals surface area contributed by atoms with E-state index >= 15 is 0 Å². The zero-order valence-electron chi connectivity index (χ0n) is 10.7. The number of hydrogen-bond donors (Lipinski definition) is 2.